The summed E-state index contributed by atoms with van der Waals surface area (Å²) in [5, 5.41) is 0. The Labute approximate surface area is 157 Å². The van der Waals surface area contributed by atoms with E-state index in [4.69, 9.17) is 10.5 Å². The van der Waals surface area contributed by atoms with Gasteiger partial charge in [-0.15, -0.1) is 0 Å². The number of H-pyrrole nitrogens is 1. The summed E-state index contributed by atoms with van der Waals surface area (Å²) in [6.45, 7) is 5.65. The van der Waals surface area contributed by atoms with Crippen LogP contribution < -0.4 is 10.6 Å². The fourth-order valence-electron chi connectivity index (χ4n) is 3.47. The topological polar surface area (TPSA) is 114 Å². The van der Waals surface area contributed by atoms with Gasteiger partial charge in [0.05, 0.1) is 17.6 Å². The largest absolute Gasteiger partial charge is 0.384 e. The number of nitrogen functional groups attached to an aromatic ring is 1. The molecule has 1 atom stereocenters. The zero-order chi connectivity index (χ0) is 19.2. The number of morpholine rings is 1. The first-order valence-corrected chi connectivity index (χ1v) is 10.2. The Morgan fingerprint density at radius 1 is 1.30 bits per heavy atom. The molecule has 3 N–H and O–H groups in total. The van der Waals surface area contributed by atoms with E-state index in [1.54, 1.807) is 31.2 Å². The lowest BCUT2D eigenvalue weighted by Crippen LogP contribution is -2.41. The second-order valence-electron chi connectivity index (χ2n) is 6.69. The van der Waals surface area contributed by atoms with Crippen LogP contribution in [0.25, 0.3) is 11.0 Å². The first-order chi connectivity index (χ1) is 12.9. The smallest absolute Gasteiger partial charge is 0.212 e. The highest BCUT2D eigenvalue weighted by Gasteiger charge is 2.30. The first-order valence-electron chi connectivity index (χ1n) is 8.69. The van der Waals surface area contributed by atoms with Gasteiger partial charge in [-0.3, -0.25) is 0 Å². The maximum atomic E-state index is 13.3. The van der Waals surface area contributed by atoms with Crippen molar-refractivity contribution in [3.05, 3.63) is 36.2 Å². The van der Waals surface area contributed by atoms with E-state index in [9.17, 15) is 8.42 Å². The Morgan fingerprint density at radius 2 is 2.07 bits per heavy atom. The molecule has 1 aliphatic heterocycles. The second-order valence-corrected chi connectivity index (χ2v) is 8.54. The first kappa shape index (κ1) is 17.7. The summed E-state index contributed by atoms with van der Waals surface area (Å²) in [5.41, 5.74) is 7.59. The molecule has 9 heteroatoms. The standard InChI is InChI=1S/C18H21N5O3S/c1-11-5-3-4-6-13(11)27(24,25)16-14-15(22-17(16)19)18(21-10-20-14)23-7-8-26-12(2)9-23/h3-6,10,12,22H,7-9,19H2,1-2H3. The van der Waals surface area contributed by atoms with Crippen molar-refractivity contribution < 1.29 is 13.2 Å². The average Bonchev–Trinajstić information content (AvgIpc) is 2.98. The molecule has 1 saturated heterocycles. The lowest BCUT2D eigenvalue weighted by Gasteiger charge is -2.32. The second kappa shape index (κ2) is 6.50. The molecule has 3 heterocycles. The van der Waals surface area contributed by atoms with Gasteiger partial charge in [0, 0.05) is 13.1 Å². The third-order valence-electron chi connectivity index (χ3n) is 4.74. The minimum Gasteiger partial charge on any atom is -0.384 e. The number of nitrogens with two attached hydrogens (primary N) is 1. The molecule has 1 unspecified atom stereocenters. The van der Waals surface area contributed by atoms with Gasteiger partial charge in [0.25, 0.3) is 0 Å². The van der Waals surface area contributed by atoms with Crippen molar-refractivity contribution in [2.24, 2.45) is 0 Å². The van der Waals surface area contributed by atoms with Crippen LogP contribution in [0, 0.1) is 6.92 Å². The summed E-state index contributed by atoms with van der Waals surface area (Å²) in [4.78, 5) is 13.9. The van der Waals surface area contributed by atoms with Crippen LogP contribution in [0.5, 0.6) is 0 Å². The predicted octanol–water partition coefficient (Wildman–Crippen LogP) is 1.91. The van der Waals surface area contributed by atoms with Gasteiger partial charge < -0.3 is 20.4 Å². The Kier molecular flexibility index (Phi) is 4.27. The van der Waals surface area contributed by atoms with Crippen LogP contribution in [0.1, 0.15) is 12.5 Å². The summed E-state index contributed by atoms with van der Waals surface area (Å²) in [6, 6.07) is 6.83. The summed E-state index contributed by atoms with van der Waals surface area (Å²) in [5.74, 6) is 0.699. The van der Waals surface area contributed by atoms with E-state index in [0.29, 0.717) is 42.1 Å². The zero-order valence-corrected chi connectivity index (χ0v) is 16.0. The third-order valence-corrected chi connectivity index (χ3v) is 6.73. The van der Waals surface area contributed by atoms with Gasteiger partial charge in [0.1, 0.15) is 28.1 Å². The quantitative estimate of drug-likeness (QED) is 0.705. The number of fused-ring (bicyclic) bond motifs is 1. The maximum Gasteiger partial charge on any atom is 0.212 e. The average molecular weight is 387 g/mol. The predicted molar refractivity (Wildman–Crippen MR) is 103 cm³/mol. The number of ether oxygens (including phenoxy) is 1. The molecule has 1 fully saturated rings. The van der Waals surface area contributed by atoms with Crippen LogP contribution in [0.15, 0.2) is 40.4 Å². The number of nitrogens with one attached hydrogen (secondary N) is 1. The number of hydrogen-bond acceptors (Lipinski definition) is 7. The van der Waals surface area contributed by atoms with Gasteiger partial charge >= 0.3 is 0 Å². The zero-order valence-electron chi connectivity index (χ0n) is 15.1. The number of anilines is 2. The molecule has 1 aliphatic rings. The Bertz CT molecular complexity index is 1110. The molecule has 27 heavy (non-hydrogen) atoms. The third kappa shape index (κ3) is 2.92. The van der Waals surface area contributed by atoms with Gasteiger partial charge in [0.2, 0.25) is 9.84 Å². The van der Waals surface area contributed by atoms with Gasteiger partial charge in [-0.05, 0) is 25.5 Å². The molecule has 2 aromatic heterocycles. The molecule has 0 bridgehead atoms. The molecule has 3 aromatic rings. The van der Waals surface area contributed by atoms with E-state index in [-0.39, 0.29) is 21.7 Å². The molecular formula is C18H21N5O3S. The molecule has 142 valence electrons. The molecule has 8 nitrogen and oxygen atoms in total. The van der Waals surface area contributed by atoms with E-state index in [1.165, 1.54) is 6.33 Å². The van der Waals surface area contributed by atoms with E-state index >= 15 is 0 Å². The highest BCUT2D eigenvalue weighted by molar-refractivity contribution is 7.92. The van der Waals surface area contributed by atoms with Gasteiger partial charge in [0.15, 0.2) is 5.82 Å². The van der Waals surface area contributed by atoms with Gasteiger partial charge in [-0.2, -0.15) is 0 Å². The monoisotopic (exact) mass is 387 g/mol. The molecule has 1 aromatic carbocycles. The molecule has 0 spiro atoms. The van der Waals surface area contributed by atoms with Crippen molar-refractivity contribution >= 4 is 32.5 Å². The van der Waals surface area contributed by atoms with E-state index in [1.807, 2.05) is 6.92 Å². The molecule has 0 amide bonds. The highest BCUT2D eigenvalue weighted by atomic mass is 32.2. The number of nitrogens with zero attached hydrogens (tertiary/aromatic N) is 3. The van der Waals surface area contributed by atoms with E-state index < -0.39 is 9.84 Å². The number of hydrogen-bond donors (Lipinski definition) is 2. The van der Waals surface area contributed by atoms with Crippen LogP contribution in [-0.2, 0) is 14.6 Å². The Balaban J connectivity index is 1.90. The Hall–Kier alpha value is -2.65. The summed E-state index contributed by atoms with van der Waals surface area (Å²) in [7, 11) is -3.83. The molecule has 0 aliphatic carbocycles. The fraction of sp³-hybridized carbons (Fsp3) is 0.333. The highest BCUT2D eigenvalue weighted by Crippen LogP contribution is 2.36. The summed E-state index contributed by atoms with van der Waals surface area (Å²) < 4.78 is 32.2. The molecule has 0 saturated carbocycles. The van der Waals surface area contributed by atoms with E-state index in [0.717, 1.165) is 0 Å². The van der Waals surface area contributed by atoms with Crippen molar-refractivity contribution in [2.75, 3.05) is 30.3 Å². The van der Waals surface area contributed by atoms with Crippen molar-refractivity contribution in [1.29, 1.82) is 0 Å². The van der Waals surface area contributed by atoms with Crippen molar-refractivity contribution in [1.82, 2.24) is 15.0 Å². The number of rotatable bonds is 3. The lowest BCUT2D eigenvalue weighted by atomic mass is 10.2. The van der Waals surface area contributed by atoms with Gasteiger partial charge in [-0.1, -0.05) is 18.2 Å². The lowest BCUT2D eigenvalue weighted by molar-refractivity contribution is 0.0530. The molecular weight excluding hydrogens is 366 g/mol. The number of aryl methyl sites for hydroxylation is 1. The molecule has 4 rings (SSSR count). The van der Waals surface area contributed by atoms with Crippen molar-refractivity contribution in [3.8, 4) is 0 Å². The van der Waals surface area contributed by atoms with Gasteiger partial charge in [-0.25, -0.2) is 18.4 Å². The van der Waals surface area contributed by atoms with Crippen molar-refractivity contribution in [2.45, 2.75) is 29.7 Å². The maximum absolute atomic E-state index is 13.3. The number of sulfone groups is 1. The number of aromatic amines is 1. The normalized spacial score (nSPS) is 18.1. The van der Waals surface area contributed by atoms with E-state index in [2.05, 4.69) is 19.9 Å². The number of benzene rings is 1. The number of aromatic nitrogens is 3. The van der Waals surface area contributed by atoms with Crippen LogP contribution >= 0.6 is 0 Å². The molecule has 0 radical (unpaired) electrons. The van der Waals surface area contributed by atoms with Crippen LogP contribution in [0.2, 0.25) is 0 Å². The SMILES string of the molecule is Cc1ccccc1S(=O)(=O)c1c(N)[nH]c2c(N3CCOC(C)C3)ncnc12. The van der Waals surface area contributed by atoms with Crippen LogP contribution in [0.3, 0.4) is 0 Å². The van der Waals surface area contributed by atoms with Crippen LogP contribution in [0.4, 0.5) is 11.6 Å². The fourth-order valence-corrected chi connectivity index (χ4v) is 5.19. The summed E-state index contributed by atoms with van der Waals surface area (Å²) in [6.07, 6.45) is 1.44. The minimum atomic E-state index is -3.83. The minimum absolute atomic E-state index is 0.00300. The Morgan fingerprint density at radius 3 is 2.81 bits per heavy atom. The summed E-state index contributed by atoms with van der Waals surface area (Å²) >= 11 is 0. The van der Waals surface area contributed by atoms with Crippen molar-refractivity contribution in [3.63, 3.8) is 0 Å². The van der Waals surface area contributed by atoms with Crippen LogP contribution in [-0.4, -0.2) is 49.2 Å².